The predicted octanol–water partition coefficient (Wildman–Crippen LogP) is 2.49. The second-order valence-corrected chi connectivity index (χ2v) is 4.34. The number of nitrogens with zero attached hydrogens (tertiary/aromatic N) is 3. The Morgan fingerprint density at radius 2 is 2.00 bits per heavy atom. The van der Waals surface area contributed by atoms with Crippen LogP contribution in [0.1, 0.15) is 0 Å². The van der Waals surface area contributed by atoms with Crippen molar-refractivity contribution in [2.45, 2.75) is 0 Å². The summed E-state index contributed by atoms with van der Waals surface area (Å²) in [6, 6.07) is 10.4. The van der Waals surface area contributed by atoms with Crippen molar-refractivity contribution in [3.05, 3.63) is 40.2 Å². The average Bonchev–Trinajstić information content (AvgIpc) is 2.65. The van der Waals surface area contributed by atoms with Crippen LogP contribution in [0, 0.1) is 3.57 Å². The molecule has 0 N–H and O–H groups in total. The first-order valence-corrected chi connectivity index (χ1v) is 5.30. The number of pyridine rings is 1. The van der Waals surface area contributed by atoms with E-state index >= 15 is 0 Å². The smallest absolute Gasteiger partial charge is 0.161 e. The van der Waals surface area contributed by atoms with Crippen molar-refractivity contribution in [2.24, 2.45) is 0 Å². The number of hydrogen-bond donors (Lipinski definition) is 0. The molecule has 3 rings (SSSR count). The molecular weight excluding hydrogens is 289 g/mol. The topological polar surface area (TPSA) is 30.2 Å². The highest BCUT2D eigenvalue weighted by Gasteiger charge is 2.00. The van der Waals surface area contributed by atoms with Crippen molar-refractivity contribution < 1.29 is 0 Å². The van der Waals surface area contributed by atoms with E-state index in [2.05, 4.69) is 57.1 Å². The van der Waals surface area contributed by atoms with Crippen LogP contribution in [0.25, 0.3) is 16.6 Å². The van der Waals surface area contributed by atoms with Crippen LogP contribution in [0.3, 0.4) is 0 Å². The minimum absolute atomic E-state index is 0.888. The van der Waals surface area contributed by atoms with E-state index in [1.807, 2.05) is 10.5 Å². The molecule has 0 fully saturated rings. The highest BCUT2D eigenvalue weighted by atomic mass is 127. The van der Waals surface area contributed by atoms with Gasteiger partial charge in [0.1, 0.15) is 6.33 Å². The molecule has 0 amide bonds. The van der Waals surface area contributed by atoms with Crippen molar-refractivity contribution >= 4 is 39.1 Å². The van der Waals surface area contributed by atoms with Crippen LogP contribution in [0.15, 0.2) is 36.7 Å². The van der Waals surface area contributed by atoms with Gasteiger partial charge in [0.05, 0.1) is 5.52 Å². The third kappa shape index (κ3) is 1.10. The summed E-state index contributed by atoms with van der Waals surface area (Å²) < 4.78 is 3.22. The Morgan fingerprint density at radius 1 is 1.14 bits per heavy atom. The Bertz CT molecular complexity index is 615. The Balaban J connectivity index is 2.60. The van der Waals surface area contributed by atoms with E-state index in [1.54, 1.807) is 6.33 Å². The summed E-state index contributed by atoms with van der Waals surface area (Å²) in [4.78, 5) is 0. The maximum atomic E-state index is 4.01. The van der Waals surface area contributed by atoms with E-state index < -0.39 is 0 Å². The summed E-state index contributed by atoms with van der Waals surface area (Å²) in [5, 5.41) is 9.11. The van der Waals surface area contributed by atoms with E-state index in [1.165, 1.54) is 8.96 Å². The summed E-state index contributed by atoms with van der Waals surface area (Å²) in [6.07, 6.45) is 1.74. The molecule has 0 aliphatic heterocycles. The van der Waals surface area contributed by atoms with Crippen LogP contribution in [-0.2, 0) is 0 Å². The zero-order chi connectivity index (χ0) is 9.54. The molecule has 0 spiro atoms. The van der Waals surface area contributed by atoms with Gasteiger partial charge in [-0.1, -0.05) is 6.07 Å². The molecule has 0 bridgehead atoms. The molecule has 68 valence electrons. The number of benzene rings is 1. The van der Waals surface area contributed by atoms with Gasteiger partial charge in [-0.15, -0.1) is 10.2 Å². The van der Waals surface area contributed by atoms with E-state index in [0.29, 0.717) is 0 Å². The molecule has 0 aliphatic rings. The molecule has 3 nitrogen and oxygen atoms in total. The van der Waals surface area contributed by atoms with Gasteiger partial charge in [0.15, 0.2) is 5.65 Å². The molecule has 0 saturated carbocycles. The van der Waals surface area contributed by atoms with E-state index in [4.69, 9.17) is 0 Å². The summed E-state index contributed by atoms with van der Waals surface area (Å²) >= 11 is 2.30. The third-order valence-electron chi connectivity index (χ3n) is 2.24. The standard InChI is InChI=1S/C10H6IN3/c11-8-3-1-7-2-4-10-13-12-6-14(10)9(7)5-8/h1-6H. The van der Waals surface area contributed by atoms with E-state index in [9.17, 15) is 0 Å². The second kappa shape index (κ2) is 2.91. The first kappa shape index (κ1) is 8.16. The maximum absolute atomic E-state index is 4.01. The summed E-state index contributed by atoms with van der Waals surface area (Å²) in [6.45, 7) is 0. The molecular formula is C10H6IN3. The Hall–Kier alpha value is -1.17. The summed E-state index contributed by atoms with van der Waals surface area (Å²) in [5.41, 5.74) is 2.04. The van der Waals surface area contributed by atoms with Crippen LogP contribution in [0.2, 0.25) is 0 Å². The lowest BCUT2D eigenvalue weighted by Gasteiger charge is -2.00. The van der Waals surface area contributed by atoms with Crippen LogP contribution in [-0.4, -0.2) is 14.6 Å². The summed E-state index contributed by atoms with van der Waals surface area (Å²) in [7, 11) is 0. The number of fused-ring (bicyclic) bond motifs is 3. The first-order chi connectivity index (χ1) is 6.84. The van der Waals surface area contributed by atoms with Crippen molar-refractivity contribution in [3.8, 4) is 0 Å². The van der Waals surface area contributed by atoms with Crippen LogP contribution >= 0.6 is 22.6 Å². The monoisotopic (exact) mass is 295 g/mol. The van der Waals surface area contributed by atoms with Gasteiger partial charge in [-0.05, 0) is 52.2 Å². The normalized spacial score (nSPS) is 11.2. The van der Waals surface area contributed by atoms with Gasteiger partial charge in [-0.2, -0.15) is 0 Å². The average molecular weight is 295 g/mol. The highest BCUT2D eigenvalue weighted by Crippen LogP contribution is 2.18. The molecule has 14 heavy (non-hydrogen) atoms. The largest absolute Gasteiger partial charge is 0.281 e. The zero-order valence-corrected chi connectivity index (χ0v) is 9.34. The highest BCUT2D eigenvalue weighted by molar-refractivity contribution is 14.1. The Kier molecular flexibility index (Phi) is 1.70. The molecule has 0 saturated heterocycles. The second-order valence-electron chi connectivity index (χ2n) is 3.10. The molecule has 0 atom stereocenters. The fraction of sp³-hybridized carbons (Fsp3) is 0. The van der Waals surface area contributed by atoms with Gasteiger partial charge in [0.25, 0.3) is 0 Å². The maximum Gasteiger partial charge on any atom is 0.161 e. The predicted molar refractivity (Wildman–Crippen MR) is 63.2 cm³/mol. The van der Waals surface area contributed by atoms with Gasteiger partial charge < -0.3 is 0 Å². The van der Waals surface area contributed by atoms with Crippen LogP contribution in [0.4, 0.5) is 0 Å². The van der Waals surface area contributed by atoms with Crippen LogP contribution in [0.5, 0.6) is 0 Å². The fourth-order valence-electron chi connectivity index (χ4n) is 1.57. The van der Waals surface area contributed by atoms with Gasteiger partial charge in [-0.3, -0.25) is 4.40 Å². The van der Waals surface area contributed by atoms with Crippen molar-refractivity contribution in [1.82, 2.24) is 14.6 Å². The molecule has 2 heterocycles. The number of aromatic nitrogens is 3. The van der Waals surface area contributed by atoms with Gasteiger partial charge in [-0.25, -0.2) is 0 Å². The lowest BCUT2D eigenvalue weighted by Crippen LogP contribution is -1.86. The Labute approximate surface area is 93.9 Å². The van der Waals surface area contributed by atoms with Crippen molar-refractivity contribution in [2.75, 3.05) is 0 Å². The quantitative estimate of drug-likeness (QED) is 0.596. The molecule has 0 aliphatic carbocycles. The molecule has 0 unspecified atom stereocenters. The fourth-order valence-corrected chi connectivity index (χ4v) is 2.05. The van der Waals surface area contributed by atoms with Gasteiger partial charge in [0.2, 0.25) is 0 Å². The molecule has 1 aromatic carbocycles. The van der Waals surface area contributed by atoms with Crippen molar-refractivity contribution in [1.29, 1.82) is 0 Å². The van der Waals surface area contributed by atoms with Crippen LogP contribution < -0.4 is 0 Å². The lowest BCUT2D eigenvalue weighted by atomic mass is 10.2. The number of hydrogen-bond acceptors (Lipinski definition) is 2. The number of rotatable bonds is 0. The zero-order valence-electron chi connectivity index (χ0n) is 7.18. The molecule has 0 radical (unpaired) electrons. The minimum atomic E-state index is 0.888. The summed E-state index contributed by atoms with van der Waals surface area (Å²) in [5.74, 6) is 0. The SMILES string of the molecule is Ic1ccc2ccc3nncn3c2c1. The minimum Gasteiger partial charge on any atom is -0.281 e. The van der Waals surface area contributed by atoms with Gasteiger partial charge in [0, 0.05) is 3.57 Å². The first-order valence-electron chi connectivity index (χ1n) is 4.22. The molecule has 4 heteroatoms. The van der Waals surface area contributed by atoms with Gasteiger partial charge >= 0.3 is 0 Å². The van der Waals surface area contributed by atoms with E-state index in [0.717, 1.165) is 11.2 Å². The molecule has 2 aromatic heterocycles. The van der Waals surface area contributed by atoms with Crippen molar-refractivity contribution in [3.63, 3.8) is 0 Å². The molecule has 3 aromatic rings. The van der Waals surface area contributed by atoms with E-state index in [-0.39, 0.29) is 0 Å². The Morgan fingerprint density at radius 3 is 2.93 bits per heavy atom. The lowest BCUT2D eigenvalue weighted by molar-refractivity contribution is 1.11. The third-order valence-corrected chi connectivity index (χ3v) is 2.91. The number of halogens is 1.